The van der Waals surface area contributed by atoms with Gasteiger partial charge >= 0.3 is 5.97 Å². The molecule has 0 aliphatic carbocycles. The molecule has 0 unspecified atom stereocenters. The standard InChI is InChI=1S/C9H7NO3/c10-7-3-5(9(11)12)4-8-6(7)1-2-13-8/h1-4H,10H2,(H,11,12). The molecule has 0 aliphatic heterocycles. The Labute approximate surface area is 73.6 Å². The van der Waals surface area contributed by atoms with Gasteiger partial charge in [-0.1, -0.05) is 0 Å². The smallest absolute Gasteiger partial charge is 0.335 e. The van der Waals surface area contributed by atoms with Gasteiger partial charge in [-0.2, -0.15) is 0 Å². The zero-order valence-corrected chi connectivity index (χ0v) is 6.65. The van der Waals surface area contributed by atoms with E-state index in [4.69, 9.17) is 15.3 Å². The summed E-state index contributed by atoms with van der Waals surface area (Å²) in [6.45, 7) is 0. The van der Waals surface area contributed by atoms with Gasteiger partial charge < -0.3 is 15.3 Å². The van der Waals surface area contributed by atoms with Crippen molar-refractivity contribution in [3.8, 4) is 0 Å². The van der Waals surface area contributed by atoms with Gasteiger partial charge in [-0.15, -0.1) is 0 Å². The lowest BCUT2D eigenvalue weighted by molar-refractivity contribution is 0.0697. The maximum absolute atomic E-state index is 10.6. The van der Waals surface area contributed by atoms with Crippen LogP contribution >= 0.6 is 0 Å². The molecule has 0 radical (unpaired) electrons. The molecule has 0 saturated carbocycles. The van der Waals surface area contributed by atoms with Crippen LogP contribution in [0.2, 0.25) is 0 Å². The van der Waals surface area contributed by atoms with E-state index in [1.54, 1.807) is 6.07 Å². The van der Waals surface area contributed by atoms with Gasteiger partial charge in [-0.3, -0.25) is 0 Å². The van der Waals surface area contributed by atoms with Crippen LogP contribution in [0.25, 0.3) is 11.0 Å². The molecule has 4 nitrogen and oxygen atoms in total. The van der Waals surface area contributed by atoms with E-state index in [2.05, 4.69) is 0 Å². The Bertz CT molecular complexity index is 473. The van der Waals surface area contributed by atoms with E-state index in [0.29, 0.717) is 11.3 Å². The van der Waals surface area contributed by atoms with Crippen molar-refractivity contribution >= 4 is 22.6 Å². The number of hydrogen-bond acceptors (Lipinski definition) is 3. The summed E-state index contributed by atoms with van der Waals surface area (Å²) in [7, 11) is 0. The zero-order valence-electron chi connectivity index (χ0n) is 6.65. The van der Waals surface area contributed by atoms with Crippen molar-refractivity contribution in [2.24, 2.45) is 0 Å². The molecule has 1 aromatic heterocycles. The molecular weight excluding hydrogens is 170 g/mol. The molecule has 0 fully saturated rings. The van der Waals surface area contributed by atoms with Gasteiger partial charge in [0.05, 0.1) is 11.8 Å². The number of rotatable bonds is 1. The summed E-state index contributed by atoms with van der Waals surface area (Å²) in [6.07, 6.45) is 1.48. The Hall–Kier alpha value is -1.97. The summed E-state index contributed by atoms with van der Waals surface area (Å²) in [4.78, 5) is 10.6. The Balaban J connectivity index is 2.77. The summed E-state index contributed by atoms with van der Waals surface area (Å²) in [6, 6.07) is 4.57. The van der Waals surface area contributed by atoms with E-state index in [0.717, 1.165) is 5.39 Å². The predicted octanol–water partition coefficient (Wildman–Crippen LogP) is 1.71. The molecule has 1 aromatic carbocycles. The highest BCUT2D eigenvalue weighted by Crippen LogP contribution is 2.23. The lowest BCUT2D eigenvalue weighted by Gasteiger charge is -1.97. The highest BCUT2D eigenvalue weighted by Gasteiger charge is 2.08. The van der Waals surface area contributed by atoms with Crippen molar-refractivity contribution in [1.82, 2.24) is 0 Å². The number of anilines is 1. The van der Waals surface area contributed by atoms with E-state index in [-0.39, 0.29) is 5.56 Å². The lowest BCUT2D eigenvalue weighted by atomic mass is 10.1. The van der Waals surface area contributed by atoms with Gasteiger partial charge in [0.1, 0.15) is 5.58 Å². The summed E-state index contributed by atoms with van der Waals surface area (Å²) in [5.74, 6) is -1.01. The van der Waals surface area contributed by atoms with Crippen LogP contribution < -0.4 is 5.73 Å². The fourth-order valence-electron chi connectivity index (χ4n) is 1.22. The molecule has 2 aromatic rings. The second-order valence-corrected chi connectivity index (χ2v) is 2.70. The molecule has 4 heteroatoms. The molecule has 0 amide bonds. The number of hydrogen-bond donors (Lipinski definition) is 2. The first kappa shape index (κ1) is 7.67. The summed E-state index contributed by atoms with van der Waals surface area (Å²) < 4.78 is 5.05. The maximum atomic E-state index is 10.6. The van der Waals surface area contributed by atoms with E-state index >= 15 is 0 Å². The molecule has 0 saturated heterocycles. The molecule has 0 aliphatic rings. The molecule has 0 bridgehead atoms. The molecular formula is C9H7NO3. The number of aromatic carboxylic acids is 1. The number of carboxylic acid groups (broad SMARTS) is 1. The van der Waals surface area contributed by atoms with E-state index in [1.165, 1.54) is 18.4 Å². The molecule has 2 rings (SSSR count). The fourth-order valence-corrected chi connectivity index (χ4v) is 1.22. The van der Waals surface area contributed by atoms with Crippen LogP contribution in [0, 0.1) is 0 Å². The highest BCUT2D eigenvalue weighted by atomic mass is 16.4. The monoisotopic (exact) mass is 177 g/mol. The first-order chi connectivity index (χ1) is 6.18. The van der Waals surface area contributed by atoms with Gasteiger partial charge in [0.2, 0.25) is 0 Å². The predicted molar refractivity (Wildman–Crippen MR) is 47.6 cm³/mol. The summed E-state index contributed by atoms with van der Waals surface area (Å²) >= 11 is 0. The molecule has 0 atom stereocenters. The van der Waals surface area contributed by atoms with E-state index in [9.17, 15) is 4.79 Å². The van der Waals surface area contributed by atoms with Crippen molar-refractivity contribution in [3.05, 3.63) is 30.0 Å². The van der Waals surface area contributed by atoms with E-state index in [1.807, 2.05) is 0 Å². The third kappa shape index (κ3) is 1.12. The van der Waals surface area contributed by atoms with Gasteiger partial charge in [0, 0.05) is 11.1 Å². The van der Waals surface area contributed by atoms with Gasteiger partial charge in [0.25, 0.3) is 0 Å². The third-order valence-corrected chi connectivity index (χ3v) is 1.85. The minimum Gasteiger partial charge on any atom is -0.478 e. The quantitative estimate of drug-likeness (QED) is 0.650. The minimum absolute atomic E-state index is 0.139. The molecule has 0 spiro atoms. The van der Waals surface area contributed by atoms with Gasteiger partial charge in [-0.05, 0) is 18.2 Å². The van der Waals surface area contributed by atoms with Crippen molar-refractivity contribution < 1.29 is 14.3 Å². The lowest BCUT2D eigenvalue weighted by Crippen LogP contribution is -1.97. The van der Waals surface area contributed by atoms with Crippen molar-refractivity contribution in [2.45, 2.75) is 0 Å². The van der Waals surface area contributed by atoms with Crippen LogP contribution in [0.4, 0.5) is 5.69 Å². The SMILES string of the molecule is Nc1cc(C(=O)O)cc2occc12. The van der Waals surface area contributed by atoms with Crippen molar-refractivity contribution in [3.63, 3.8) is 0 Å². The van der Waals surface area contributed by atoms with Crippen molar-refractivity contribution in [1.29, 1.82) is 0 Å². The fraction of sp³-hybridized carbons (Fsp3) is 0. The summed E-state index contributed by atoms with van der Waals surface area (Å²) in [5, 5.41) is 9.45. The number of benzene rings is 1. The van der Waals surface area contributed by atoms with Crippen molar-refractivity contribution in [2.75, 3.05) is 5.73 Å². The Morgan fingerprint density at radius 2 is 2.23 bits per heavy atom. The topological polar surface area (TPSA) is 76.5 Å². The number of carbonyl (C=O) groups is 1. The van der Waals surface area contributed by atoms with Crippen LogP contribution in [0.5, 0.6) is 0 Å². The molecule has 1 heterocycles. The second kappa shape index (κ2) is 2.52. The first-order valence-corrected chi connectivity index (χ1v) is 3.68. The number of nitrogen functional groups attached to an aromatic ring is 1. The average Bonchev–Trinajstić information content (AvgIpc) is 2.51. The van der Waals surface area contributed by atoms with Crippen LogP contribution in [-0.4, -0.2) is 11.1 Å². The first-order valence-electron chi connectivity index (χ1n) is 3.68. The largest absolute Gasteiger partial charge is 0.478 e. The number of fused-ring (bicyclic) bond motifs is 1. The second-order valence-electron chi connectivity index (χ2n) is 2.70. The van der Waals surface area contributed by atoms with Crippen LogP contribution in [0.15, 0.2) is 28.9 Å². The Morgan fingerprint density at radius 3 is 2.92 bits per heavy atom. The maximum Gasteiger partial charge on any atom is 0.335 e. The highest BCUT2D eigenvalue weighted by molar-refractivity contribution is 5.98. The number of nitrogens with two attached hydrogens (primary N) is 1. The molecule has 3 N–H and O–H groups in total. The van der Waals surface area contributed by atoms with Gasteiger partial charge in [-0.25, -0.2) is 4.79 Å². The van der Waals surface area contributed by atoms with Crippen LogP contribution in [-0.2, 0) is 0 Å². The minimum atomic E-state index is -1.01. The third-order valence-electron chi connectivity index (χ3n) is 1.85. The number of carboxylic acids is 1. The van der Waals surface area contributed by atoms with Gasteiger partial charge in [0.15, 0.2) is 0 Å². The van der Waals surface area contributed by atoms with Crippen LogP contribution in [0.3, 0.4) is 0 Å². The molecule has 13 heavy (non-hydrogen) atoms. The Kier molecular flexibility index (Phi) is 1.48. The Morgan fingerprint density at radius 1 is 1.46 bits per heavy atom. The summed E-state index contributed by atoms with van der Waals surface area (Å²) in [5.41, 5.74) is 6.67. The zero-order chi connectivity index (χ0) is 9.42. The number of furan rings is 1. The normalized spacial score (nSPS) is 10.5. The average molecular weight is 177 g/mol. The van der Waals surface area contributed by atoms with E-state index < -0.39 is 5.97 Å². The van der Waals surface area contributed by atoms with Crippen LogP contribution in [0.1, 0.15) is 10.4 Å². The molecule has 66 valence electrons.